The van der Waals surface area contributed by atoms with Crippen molar-refractivity contribution in [3.8, 4) is 0 Å². The summed E-state index contributed by atoms with van der Waals surface area (Å²) in [5, 5.41) is 8.74. The second-order valence-electron chi connectivity index (χ2n) is 4.18. The van der Waals surface area contributed by atoms with Crippen LogP contribution in [-0.4, -0.2) is 39.0 Å². The lowest BCUT2D eigenvalue weighted by atomic mass is 10.2. The largest absolute Gasteiger partial charge is 0.479 e. The van der Waals surface area contributed by atoms with Crippen molar-refractivity contribution in [1.82, 2.24) is 0 Å². The van der Waals surface area contributed by atoms with Crippen LogP contribution in [0.4, 0.5) is 0 Å². The zero-order valence-corrected chi connectivity index (χ0v) is 10.5. The summed E-state index contributed by atoms with van der Waals surface area (Å²) in [5.74, 6) is 0.304. The summed E-state index contributed by atoms with van der Waals surface area (Å²) >= 11 is 0. The Bertz CT molecular complexity index is 254. The first kappa shape index (κ1) is 13.6. The van der Waals surface area contributed by atoms with E-state index in [0.29, 0.717) is 17.9 Å². The van der Waals surface area contributed by atoms with E-state index in [1.54, 1.807) is 0 Å². The van der Waals surface area contributed by atoms with Gasteiger partial charge in [-0.2, -0.15) is 0 Å². The molecule has 0 spiro atoms. The van der Waals surface area contributed by atoms with E-state index in [4.69, 9.17) is 9.84 Å². The van der Waals surface area contributed by atoms with Crippen LogP contribution in [0.5, 0.6) is 0 Å². The number of aliphatic carboxylic acids is 1. The van der Waals surface area contributed by atoms with E-state index in [9.17, 15) is 9.00 Å². The summed E-state index contributed by atoms with van der Waals surface area (Å²) in [6.07, 6.45) is 3.68. The highest BCUT2D eigenvalue weighted by Crippen LogP contribution is 2.20. The molecule has 0 saturated carbocycles. The second kappa shape index (κ2) is 7.01. The summed E-state index contributed by atoms with van der Waals surface area (Å²) < 4.78 is 16.9. The third-order valence-corrected chi connectivity index (χ3v) is 4.22. The molecule has 0 aromatic carbocycles. The fraction of sp³-hybridized carbons (Fsp3) is 0.909. The van der Waals surface area contributed by atoms with Crippen molar-refractivity contribution in [2.45, 2.75) is 51.2 Å². The standard InChI is InChI=1S/C11H20O4S/c1-2-3-4-7-16(14)8-9-5-6-10(15-9)11(12)13/h9-10H,2-8H2,1H3,(H,12,13). The molecule has 3 atom stereocenters. The van der Waals surface area contributed by atoms with Gasteiger partial charge in [0.2, 0.25) is 0 Å². The minimum absolute atomic E-state index is 0.122. The van der Waals surface area contributed by atoms with E-state index < -0.39 is 22.9 Å². The summed E-state index contributed by atoms with van der Waals surface area (Å²) in [7, 11) is -0.857. The molecule has 1 saturated heterocycles. The number of hydrogen-bond acceptors (Lipinski definition) is 3. The van der Waals surface area contributed by atoms with Crippen molar-refractivity contribution in [3.05, 3.63) is 0 Å². The van der Waals surface area contributed by atoms with Crippen LogP contribution in [0, 0.1) is 0 Å². The first-order chi connectivity index (χ1) is 7.63. The molecule has 0 radical (unpaired) electrons. The molecule has 3 unspecified atom stereocenters. The smallest absolute Gasteiger partial charge is 0.332 e. The molecule has 0 bridgehead atoms. The zero-order chi connectivity index (χ0) is 12.0. The number of hydrogen-bond donors (Lipinski definition) is 1. The molecule has 5 heteroatoms. The highest BCUT2D eigenvalue weighted by molar-refractivity contribution is 7.85. The Labute approximate surface area is 98.8 Å². The van der Waals surface area contributed by atoms with Crippen LogP contribution < -0.4 is 0 Å². The molecule has 1 heterocycles. The minimum Gasteiger partial charge on any atom is -0.479 e. The predicted molar refractivity (Wildman–Crippen MR) is 62.9 cm³/mol. The number of ether oxygens (including phenoxy) is 1. The number of carbonyl (C=O) groups is 1. The second-order valence-corrected chi connectivity index (χ2v) is 5.80. The molecule has 4 nitrogen and oxygen atoms in total. The number of carboxylic acids is 1. The summed E-state index contributed by atoms with van der Waals surface area (Å²) in [5.41, 5.74) is 0. The molecule has 0 aliphatic carbocycles. The van der Waals surface area contributed by atoms with Crippen LogP contribution in [0.3, 0.4) is 0 Å². The van der Waals surface area contributed by atoms with Gasteiger partial charge in [-0.05, 0) is 19.3 Å². The molecule has 1 rings (SSSR count). The van der Waals surface area contributed by atoms with Crippen molar-refractivity contribution >= 4 is 16.8 Å². The van der Waals surface area contributed by atoms with E-state index in [1.165, 1.54) is 0 Å². The summed E-state index contributed by atoms with van der Waals surface area (Å²) in [6.45, 7) is 2.11. The van der Waals surface area contributed by atoms with Crippen LogP contribution in [0.15, 0.2) is 0 Å². The maximum Gasteiger partial charge on any atom is 0.332 e. The van der Waals surface area contributed by atoms with Gasteiger partial charge in [0.15, 0.2) is 6.10 Å². The quantitative estimate of drug-likeness (QED) is 0.694. The maximum atomic E-state index is 11.6. The van der Waals surface area contributed by atoms with Gasteiger partial charge in [0.05, 0.1) is 6.10 Å². The number of unbranched alkanes of at least 4 members (excludes halogenated alkanes) is 2. The molecule has 1 fully saturated rings. The first-order valence-corrected chi connectivity index (χ1v) is 7.35. The lowest BCUT2D eigenvalue weighted by Crippen LogP contribution is -2.23. The van der Waals surface area contributed by atoms with Gasteiger partial charge in [-0.25, -0.2) is 4.79 Å². The first-order valence-electron chi connectivity index (χ1n) is 5.86. The van der Waals surface area contributed by atoms with E-state index in [0.717, 1.165) is 25.7 Å². The Hall–Kier alpha value is -0.420. The summed E-state index contributed by atoms with van der Waals surface area (Å²) in [6, 6.07) is 0. The van der Waals surface area contributed by atoms with Crippen LogP contribution in [-0.2, 0) is 20.3 Å². The Morgan fingerprint density at radius 1 is 1.44 bits per heavy atom. The van der Waals surface area contributed by atoms with Gasteiger partial charge in [0.1, 0.15) is 0 Å². The van der Waals surface area contributed by atoms with Gasteiger partial charge < -0.3 is 9.84 Å². The highest BCUT2D eigenvalue weighted by Gasteiger charge is 2.31. The Morgan fingerprint density at radius 3 is 2.75 bits per heavy atom. The molecule has 1 aliphatic rings. The molecule has 1 N–H and O–H groups in total. The van der Waals surface area contributed by atoms with E-state index in [1.807, 2.05) is 0 Å². The third-order valence-electron chi connectivity index (χ3n) is 2.73. The van der Waals surface area contributed by atoms with Crippen LogP contribution >= 0.6 is 0 Å². The van der Waals surface area contributed by atoms with Crippen molar-refractivity contribution in [2.24, 2.45) is 0 Å². The van der Waals surface area contributed by atoms with Gasteiger partial charge >= 0.3 is 5.97 Å². The van der Waals surface area contributed by atoms with Crippen molar-refractivity contribution < 1.29 is 18.8 Å². The summed E-state index contributed by atoms with van der Waals surface area (Å²) in [4.78, 5) is 10.6. The fourth-order valence-electron chi connectivity index (χ4n) is 1.81. The van der Waals surface area contributed by atoms with Crippen LogP contribution in [0.2, 0.25) is 0 Å². The molecule has 1 aliphatic heterocycles. The SMILES string of the molecule is CCCCCS(=O)CC1CCC(C(=O)O)O1. The Kier molecular flexibility index (Phi) is 5.98. The fourth-order valence-corrected chi connectivity index (χ4v) is 3.17. The number of carboxylic acid groups (broad SMARTS) is 1. The molecule has 16 heavy (non-hydrogen) atoms. The monoisotopic (exact) mass is 248 g/mol. The van der Waals surface area contributed by atoms with Gasteiger partial charge in [-0.15, -0.1) is 0 Å². The Balaban J connectivity index is 2.18. The molecule has 0 amide bonds. The zero-order valence-electron chi connectivity index (χ0n) is 9.68. The average Bonchev–Trinajstić information content (AvgIpc) is 2.66. The molecule has 0 aromatic rings. The third kappa shape index (κ3) is 4.61. The number of rotatable bonds is 7. The van der Waals surface area contributed by atoms with Gasteiger partial charge in [-0.1, -0.05) is 19.8 Å². The predicted octanol–water partition coefficient (Wildman–Crippen LogP) is 1.56. The molecular weight excluding hydrogens is 228 g/mol. The lowest BCUT2D eigenvalue weighted by Gasteiger charge is -2.10. The van der Waals surface area contributed by atoms with Gasteiger partial charge in [0, 0.05) is 22.3 Å². The molecule has 0 aromatic heterocycles. The van der Waals surface area contributed by atoms with Crippen molar-refractivity contribution in [2.75, 3.05) is 11.5 Å². The van der Waals surface area contributed by atoms with Gasteiger partial charge in [-0.3, -0.25) is 4.21 Å². The lowest BCUT2D eigenvalue weighted by molar-refractivity contribution is -0.148. The van der Waals surface area contributed by atoms with Crippen LogP contribution in [0.25, 0.3) is 0 Å². The molecule has 94 valence electrons. The van der Waals surface area contributed by atoms with Gasteiger partial charge in [0.25, 0.3) is 0 Å². The minimum atomic E-state index is -0.903. The van der Waals surface area contributed by atoms with Crippen molar-refractivity contribution in [3.63, 3.8) is 0 Å². The average molecular weight is 248 g/mol. The molecular formula is C11H20O4S. The van der Waals surface area contributed by atoms with E-state index >= 15 is 0 Å². The highest BCUT2D eigenvalue weighted by atomic mass is 32.2. The Morgan fingerprint density at radius 2 is 2.19 bits per heavy atom. The van der Waals surface area contributed by atoms with Crippen LogP contribution in [0.1, 0.15) is 39.0 Å². The normalized spacial score (nSPS) is 26.8. The maximum absolute atomic E-state index is 11.6. The van der Waals surface area contributed by atoms with E-state index in [-0.39, 0.29) is 6.10 Å². The van der Waals surface area contributed by atoms with Crippen molar-refractivity contribution in [1.29, 1.82) is 0 Å². The topological polar surface area (TPSA) is 63.6 Å². The van der Waals surface area contributed by atoms with E-state index in [2.05, 4.69) is 6.92 Å².